The second kappa shape index (κ2) is 6.48. The molecule has 0 aromatic carbocycles. The van der Waals surface area contributed by atoms with E-state index in [1.807, 2.05) is 0 Å². The first kappa shape index (κ1) is 9.36. The van der Waals surface area contributed by atoms with Crippen molar-refractivity contribution in [1.29, 1.82) is 0 Å². The Morgan fingerprint density at radius 2 is 2.12 bits per heavy atom. The molecule has 0 saturated carbocycles. The summed E-state index contributed by atoms with van der Waals surface area (Å²) in [7, 11) is 0. The quantitative estimate of drug-likeness (QED) is 0.426. The Balaban J connectivity index is 2.72. The van der Waals surface area contributed by atoms with E-state index >= 15 is 0 Å². The molecule has 0 atom stereocenters. The van der Waals surface area contributed by atoms with E-state index in [2.05, 4.69) is 0 Å². The number of hydrogen-bond donors (Lipinski definition) is 0. The third kappa shape index (κ3) is 7.36. The van der Waals surface area contributed by atoms with Crippen LogP contribution in [-0.2, 0) is 3.02 Å². The molecule has 0 aliphatic carbocycles. The van der Waals surface area contributed by atoms with Gasteiger partial charge in [-0.15, -0.1) is 0 Å². The van der Waals surface area contributed by atoms with Crippen molar-refractivity contribution in [1.82, 2.24) is 0 Å². The third-order valence-electron chi connectivity index (χ3n) is 0.658. The fraction of sp³-hybridized carbons (Fsp3) is 1.00. The molecule has 0 saturated heterocycles. The van der Waals surface area contributed by atoms with Gasteiger partial charge in [-0.25, -0.2) is 0 Å². The van der Waals surface area contributed by atoms with Crippen molar-refractivity contribution in [2.75, 3.05) is 6.61 Å². The summed E-state index contributed by atoms with van der Waals surface area (Å²) < 4.78 is 4.82. The summed E-state index contributed by atoms with van der Waals surface area (Å²) in [6.07, 6.45) is 1.78. The summed E-state index contributed by atoms with van der Waals surface area (Å²) in [5.41, 5.74) is 0. The molecule has 0 aliphatic rings. The average Bonchev–Trinajstić information content (AvgIpc) is 1.66. The zero-order valence-corrected chi connectivity index (χ0v) is 8.37. The standard InChI is InChI=1S/C4H7Cl2O.Sb/c5-4(6)2-1-3-7;/h4H,1-3H2;/q-1;+1. The van der Waals surface area contributed by atoms with E-state index in [1.165, 1.54) is 23.4 Å². The molecule has 0 bridgehead atoms. The fourth-order valence-corrected chi connectivity index (χ4v) is 0.979. The van der Waals surface area contributed by atoms with E-state index in [0.717, 1.165) is 19.4 Å². The zero-order valence-electron chi connectivity index (χ0n) is 4.31. The second-order valence-corrected chi connectivity index (χ2v) is 3.38. The van der Waals surface area contributed by atoms with Gasteiger partial charge in [-0.3, -0.25) is 0 Å². The van der Waals surface area contributed by atoms with Crippen LogP contribution >= 0.6 is 23.2 Å². The maximum absolute atomic E-state index is 5.43. The molecule has 0 rings (SSSR count). The molecule has 0 amide bonds. The predicted octanol–water partition coefficient (Wildman–Crippen LogP) is 1.67. The zero-order chi connectivity index (χ0) is 6.41. The summed E-state index contributed by atoms with van der Waals surface area (Å²) in [6.45, 7) is 0.768. The summed E-state index contributed by atoms with van der Waals surface area (Å²) in [5, 5.41) is 0. The Kier molecular flexibility index (Phi) is 7.58. The van der Waals surface area contributed by atoms with Crippen LogP contribution in [0.4, 0.5) is 0 Å². The van der Waals surface area contributed by atoms with Gasteiger partial charge in [0.2, 0.25) is 0 Å². The molecule has 0 heterocycles. The molecule has 0 fully saturated rings. The molecule has 0 N–H and O–H groups in total. The van der Waals surface area contributed by atoms with E-state index in [-0.39, 0.29) is 4.84 Å². The third-order valence-corrected chi connectivity index (χ3v) is 1.62. The van der Waals surface area contributed by atoms with Crippen LogP contribution in [0.15, 0.2) is 0 Å². The Labute approximate surface area is 73.7 Å². The Morgan fingerprint density at radius 1 is 1.50 bits per heavy atom. The summed E-state index contributed by atoms with van der Waals surface area (Å²) in [6, 6.07) is 0. The Bertz CT molecular complexity index is 51.3. The van der Waals surface area contributed by atoms with Crippen LogP contribution in [0.3, 0.4) is 0 Å². The summed E-state index contributed by atoms with van der Waals surface area (Å²) >= 11 is 12.2. The van der Waals surface area contributed by atoms with Gasteiger partial charge in [0.15, 0.2) is 0 Å². The van der Waals surface area contributed by atoms with Gasteiger partial charge in [-0.1, -0.05) is 0 Å². The van der Waals surface area contributed by atoms with Crippen LogP contribution in [0.25, 0.3) is 0 Å². The SMILES string of the molecule is ClC(Cl)CCC[O][Sb]. The first-order chi connectivity index (χ1) is 3.77. The molecule has 2 radical (unpaired) electrons. The number of rotatable bonds is 4. The molecular weight excluding hydrogens is 257 g/mol. The van der Waals surface area contributed by atoms with Crippen LogP contribution in [0.1, 0.15) is 12.8 Å². The van der Waals surface area contributed by atoms with Crippen LogP contribution in [0.5, 0.6) is 0 Å². The fourth-order valence-electron chi connectivity index (χ4n) is 0.302. The minimum absolute atomic E-state index is 0.226. The predicted molar refractivity (Wildman–Crippen MR) is 36.4 cm³/mol. The van der Waals surface area contributed by atoms with Crippen LogP contribution in [-0.4, -0.2) is 34.9 Å². The van der Waals surface area contributed by atoms with Gasteiger partial charge in [0.25, 0.3) is 0 Å². The normalized spacial score (nSPS) is 10.5. The Hall–Kier alpha value is 1.36. The van der Waals surface area contributed by atoms with Crippen molar-refractivity contribution >= 4 is 46.6 Å². The van der Waals surface area contributed by atoms with Gasteiger partial charge in [0, 0.05) is 0 Å². The molecular formula is C4H7Cl2OSb. The molecule has 1 nitrogen and oxygen atoms in total. The molecule has 0 aliphatic heterocycles. The molecule has 8 heavy (non-hydrogen) atoms. The maximum atomic E-state index is 5.43. The first-order valence-corrected chi connectivity index (χ1v) is 4.23. The minimum atomic E-state index is -0.226. The van der Waals surface area contributed by atoms with Gasteiger partial charge < -0.3 is 0 Å². The number of halogens is 2. The molecule has 0 aromatic rings. The van der Waals surface area contributed by atoms with E-state index in [1.54, 1.807) is 0 Å². The Morgan fingerprint density at radius 3 is 2.50 bits per heavy atom. The number of alkyl halides is 2. The van der Waals surface area contributed by atoms with Gasteiger partial charge in [0.05, 0.1) is 0 Å². The first-order valence-electron chi connectivity index (χ1n) is 2.32. The van der Waals surface area contributed by atoms with Crippen molar-refractivity contribution in [3.05, 3.63) is 0 Å². The number of hydrogen-bond acceptors (Lipinski definition) is 1. The summed E-state index contributed by atoms with van der Waals surface area (Å²) in [4.78, 5) is -0.226. The van der Waals surface area contributed by atoms with E-state index < -0.39 is 0 Å². The van der Waals surface area contributed by atoms with Crippen molar-refractivity contribution in [2.45, 2.75) is 17.7 Å². The van der Waals surface area contributed by atoms with Gasteiger partial charge in [-0.2, -0.15) is 0 Å². The van der Waals surface area contributed by atoms with Gasteiger partial charge >= 0.3 is 73.9 Å². The molecule has 0 aromatic heterocycles. The van der Waals surface area contributed by atoms with Crippen molar-refractivity contribution in [2.24, 2.45) is 0 Å². The molecule has 4 heteroatoms. The molecule has 48 valence electrons. The van der Waals surface area contributed by atoms with Gasteiger partial charge in [0.1, 0.15) is 0 Å². The average molecular weight is 264 g/mol. The second-order valence-electron chi connectivity index (χ2n) is 1.37. The van der Waals surface area contributed by atoms with Crippen LogP contribution in [0, 0.1) is 0 Å². The van der Waals surface area contributed by atoms with E-state index in [4.69, 9.17) is 26.2 Å². The van der Waals surface area contributed by atoms with Crippen LogP contribution < -0.4 is 0 Å². The van der Waals surface area contributed by atoms with Crippen molar-refractivity contribution in [3.63, 3.8) is 0 Å². The monoisotopic (exact) mass is 262 g/mol. The van der Waals surface area contributed by atoms with E-state index in [0.29, 0.717) is 0 Å². The van der Waals surface area contributed by atoms with Crippen LogP contribution in [0.2, 0.25) is 0 Å². The molecule has 0 unspecified atom stereocenters. The topological polar surface area (TPSA) is 9.23 Å². The summed E-state index contributed by atoms with van der Waals surface area (Å²) in [5.74, 6) is 0. The molecule has 0 spiro atoms. The van der Waals surface area contributed by atoms with Crippen molar-refractivity contribution in [3.8, 4) is 0 Å². The van der Waals surface area contributed by atoms with Crippen molar-refractivity contribution < 1.29 is 3.02 Å². The van der Waals surface area contributed by atoms with Gasteiger partial charge in [-0.05, 0) is 0 Å². The van der Waals surface area contributed by atoms with E-state index in [9.17, 15) is 0 Å².